The van der Waals surface area contributed by atoms with Crippen molar-refractivity contribution in [2.24, 2.45) is 0 Å². The summed E-state index contributed by atoms with van der Waals surface area (Å²) in [5.74, 6) is 1.68. The third kappa shape index (κ3) is 2.77. The van der Waals surface area contributed by atoms with Gasteiger partial charge in [-0.2, -0.15) is 4.98 Å². The van der Waals surface area contributed by atoms with Crippen molar-refractivity contribution in [3.8, 4) is 11.6 Å². The van der Waals surface area contributed by atoms with Crippen LogP contribution in [0.15, 0.2) is 36.8 Å². The van der Waals surface area contributed by atoms with E-state index in [9.17, 15) is 0 Å². The summed E-state index contributed by atoms with van der Waals surface area (Å²) in [4.78, 5) is 7.81. The fourth-order valence-corrected chi connectivity index (χ4v) is 1.63. The topological polar surface area (TPSA) is 61.0 Å². The molecule has 1 atom stereocenters. The third-order valence-corrected chi connectivity index (χ3v) is 2.98. The summed E-state index contributed by atoms with van der Waals surface area (Å²) in [6.45, 7) is 4.38. The number of rotatable bonds is 4. The van der Waals surface area contributed by atoms with Crippen LogP contribution in [0.4, 0.5) is 5.69 Å². The van der Waals surface area contributed by atoms with Gasteiger partial charge in [-0.15, -0.1) is 0 Å². The zero-order valence-corrected chi connectivity index (χ0v) is 10.6. The van der Waals surface area contributed by atoms with E-state index in [1.54, 1.807) is 0 Å². The second kappa shape index (κ2) is 5.49. The molecular weight excluding hydrogens is 226 g/mol. The second-order valence-corrected chi connectivity index (χ2v) is 4.26. The summed E-state index contributed by atoms with van der Waals surface area (Å²) in [5, 5.41) is 0. The largest absolute Gasteiger partial charge is 0.437 e. The van der Waals surface area contributed by atoms with Crippen LogP contribution in [-0.4, -0.2) is 9.97 Å². The third-order valence-electron chi connectivity index (χ3n) is 2.98. The van der Waals surface area contributed by atoms with Crippen molar-refractivity contribution >= 4 is 5.69 Å². The van der Waals surface area contributed by atoms with Gasteiger partial charge in [0, 0.05) is 0 Å². The lowest BCUT2D eigenvalue weighted by molar-refractivity contribution is 0.464. The number of nitrogens with zero attached hydrogens (tertiary/aromatic N) is 2. The molecule has 1 aromatic heterocycles. The molecule has 1 aromatic carbocycles. The molecular formula is C14H17N3O. The lowest BCUT2D eigenvalue weighted by Gasteiger charge is -2.10. The monoisotopic (exact) mass is 243 g/mol. The highest BCUT2D eigenvalue weighted by atomic mass is 16.5. The predicted molar refractivity (Wildman–Crippen MR) is 71.7 cm³/mol. The highest BCUT2D eigenvalue weighted by Crippen LogP contribution is 2.26. The Labute approximate surface area is 107 Å². The SMILES string of the molecule is CCC(C)c1ccc(Oc2ncncc2N)cc1. The van der Waals surface area contributed by atoms with E-state index in [0.717, 1.165) is 12.2 Å². The molecule has 0 fully saturated rings. The van der Waals surface area contributed by atoms with E-state index in [0.29, 0.717) is 17.5 Å². The molecule has 18 heavy (non-hydrogen) atoms. The summed E-state index contributed by atoms with van der Waals surface area (Å²) in [7, 11) is 0. The maximum absolute atomic E-state index is 5.72. The summed E-state index contributed by atoms with van der Waals surface area (Å²) in [5.41, 5.74) is 7.46. The van der Waals surface area contributed by atoms with Crippen LogP contribution in [-0.2, 0) is 0 Å². The number of aromatic nitrogens is 2. The number of hydrogen-bond acceptors (Lipinski definition) is 4. The Morgan fingerprint density at radius 3 is 2.61 bits per heavy atom. The van der Waals surface area contributed by atoms with Crippen LogP contribution in [0.1, 0.15) is 31.7 Å². The van der Waals surface area contributed by atoms with Gasteiger partial charge in [-0.3, -0.25) is 0 Å². The van der Waals surface area contributed by atoms with Gasteiger partial charge < -0.3 is 10.5 Å². The molecule has 1 unspecified atom stereocenters. The molecule has 0 spiro atoms. The number of nitrogen functional groups attached to an aromatic ring is 1. The highest BCUT2D eigenvalue weighted by molar-refractivity contribution is 5.47. The van der Waals surface area contributed by atoms with Crippen LogP contribution in [0.5, 0.6) is 11.6 Å². The van der Waals surface area contributed by atoms with Crippen LogP contribution >= 0.6 is 0 Å². The van der Waals surface area contributed by atoms with Crippen molar-refractivity contribution in [2.75, 3.05) is 5.73 Å². The van der Waals surface area contributed by atoms with Gasteiger partial charge in [0.1, 0.15) is 17.8 Å². The zero-order chi connectivity index (χ0) is 13.0. The van der Waals surface area contributed by atoms with Crippen molar-refractivity contribution in [1.82, 2.24) is 9.97 Å². The lowest BCUT2D eigenvalue weighted by atomic mass is 9.99. The van der Waals surface area contributed by atoms with E-state index in [1.807, 2.05) is 12.1 Å². The summed E-state index contributed by atoms with van der Waals surface area (Å²) < 4.78 is 5.60. The van der Waals surface area contributed by atoms with Crippen molar-refractivity contribution in [3.63, 3.8) is 0 Å². The normalized spacial score (nSPS) is 12.1. The molecule has 4 nitrogen and oxygen atoms in total. The van der Waals surface area contributed by atoms with Crippen LogP contribution in [0.25, 0.3) is 0 Å². The molecule has 94 valence electrons. The molecule has 2 N–H and O–H groups in total. The highest BCUT2D eigenvalue weighted by Gasteiger charge is 2.05. The van der Waals surface area contributed by atoms with Gasteiger partial charge in [0.25, 0.3) is 0 Å². The van der Waals surface area contributed by atoms with Crippen molar-refractivity contribution < 1.29 is 4.74 Å². The maximum atomic E-state index is 5.72. The van der Waals surface area contributed by atoms with Gasteiger partial charge in [-0.25, -0.2) is 4.98 Å². The van der Waals surface area contributed by atoms with Gasteiger partial charge in [0.15, 0.2) is 0 Å². The molecule has 0 saturated heterocycles. The fourth-order valence-electron chi connectivity index (χ4n) is 1.63. The van der Waals surface area contributed by atoms with Crippen molar-refractivity contribution in [2.45, 2.75) is 26.2 Å². The van der Waals surface area contributed by atoms with Gasteiger partial charge in [0.2, 0.25) is 5.88 Å². The first-order chi connectivity index (χ1) is 8.70. The van der Waals surface area contributed by atoms with E-state index in [4.69, 9.17) is 10.5 Å². The second-order valence-electron chi connectivity index (χ2n) is 4.26. The molecule has 2 rings (SSSR count). The van der Waals surface area contributed by atoms with Gasteiger partial charge in [-0.05, 0) is 30.0 Å². The van der Waals surface area contributed by atoms with Crippen LogP contribution in [0.3, 0.4) is 0 Å². The predicted octanol–water partition coefficient (Wildman–Crippen LogP) is 3.36. The van der Waals surface area contributed by atoms with E-state index in [-0.39, 0.29) is 0 Å². The molecule has 4 heteroatoms. The Bertz CT molecular complexity index is 511. The summed E-state index contributed by atoms with van der Waals surface area (Å²) in [6.07, 6.45) is 4.06. The average Bonchev–Trinajstić information content (AvgIpc) is 2.41. The van der Waals surface area contributed by atoms with Crippen LogP contribution in [0, 0.1) is 0 Å². The van der Waals surface area contributed by atoms with Crippen LogP contribution in [0.2, 0.25) is 0 Å². The lowest BCUT2D eigenvalue weighted by Crippen LogP contribution is -1.96. The minimum Gasteiger partial charge on any atom is -0.437 e. The van der Waals surface area contributed by atoms with E-state index >= 15 is 0 Å². The first-order valence-electron chi connectivity index (χ1n) is 6.04. The summed E-state index contributed by atoms with van der Waals surface area (Å²) >= 11 is 0. The van der Waals surface area contributed by atoms with Gasteiger partial charge in [-0.1, -0.05) is 26.0 Å². The Morgan fingerprint density at radius 1 is 1.28 bits per heavy atom. The van der Waals surface area contributed by atoms with Crippen LogP contribution < -0.4 is 10.5 Å². The average molecular weight is 243 g/mol. The molecule has 0 aliphatic rings. The number of ether oxygens (including phenoxy) is 1. The van der Waals surface area contributed by atoms with Gasteiger partial charge in [0.05, 0.1) is 6.20 Å². The van der Waals surface area contributed by atoms with Gasteiger partial charge >= 0.3 is 0 Å². The van der Waals surface area contributed by atoms with Crippen molar-refractivity contribution in [1.29, 1.82) is 0 Å². The first-order valence-corrected chi connectivity index (χ1v) is 6.04. The number of anilines is 1. The molecule has 0 aliphatic carbocycles. The Kier molecular flexibility index (Phi) is 3.77. The smallest absolute Gasteiger partial charge is 0.245 e. The summed E-state index contributed by atoms with van der Waals surface area (Å²) in [6, 6.07) is 8.01. The minimum absolute atomic E-state index is 0.390. The number of nitrogens with two attached hydrogens (primary N) is 1. The Hall–Kier alpha value is -2.10. The number of hydrogen-bond donors (Lipinski definition) is 1. The molecule has 2 aromatic rings. The quantitative estimate of drug-likeness (QED) is 0.894. The first kappa shape index (κ1) is 12.4. The molecule has 0 bridgehead atoms. The standard InChI is InChI=1S/C14H17N3O/c1-3-10(2)11-4-6-12(7-5-11)18-14-13(15)8-16-9-17-14/h4-10H,3,15H2,1-2H3. The molecule has 0 radical (unpaired) electrons. The molecule has 0 amide bonds. The Morgan fingerprint density at radius 2 is 2.00 bits per heavy atom. The fraction of sp³-hybridized carbons (Fsp3) is 0.286. The minimum atomic E-state index is 0.390. The maximum Gasteiger partial charge on any atom is 0.245 e. The zero-order valence-electron chi connectivity index (χ0n) is 10.6. The van der Waals surface area contributed by atoms with E-state index in [2.05, 4.69) is 35.9 Å². The molecule has 1 heterocycles. The number of benzene rings is 1. The van der Waals surface area contributed by atoms with E-state index in [1.165, 1.54) is 18.1 Å². The molecule has 0 aliphatic heterocycles. The Balaban J connectivity index is 2.14. The van der Waals surface area contributed by atoms with Crippen molar-refractivity contribution in [3.05, 3.63) is 42.4 Å². The van der Waals surface area contributed by atoms with E-state index < -0.39 is 0 Å². The molecule has 0 saturated carbocycles.